The van der Waals surface area contributed by atoms with Crippen LogP contribution in [0, 0.1) is 5.92 Å². The summed E-state index contributed by atoms with van der Waals surface area (Å²) in [5, 5.41) is 2.90. The van der Waals surface area contributed by atoms with Crippen molar-refractivity contribution < 1.29 is 9.53 Å². The van der Waals surface area contributed by atoms with Crippen molar-refractivity contribution in [1.29, 1.82) is 0 Å². The first kappa shape index (κ1) is 15.0. The van der Waals surface area contributed by atoms with Gasteiger partial charge in [-0.15, -0.1) is 0 Å². The van der Waals surface area contributed by atoms with Gasteiger partial charge in [0.15, 0.2) is 0 Å². The van der Waals surface area contributed by atoms with E-state index in [4.69, 9.17) is 4.74 Å². The summed E-state index contributed by atoms with van der Waals surface area (Å²) < 4.78 is 5.33. The van der Waals surface area contributed by atoms with E-state index in [1.807, 2.05) is 19.1 Å². The molecule has 1 N–H and O–H groups in total. The number of ether oxygens (including phenoxy) is 1. The first-order valence-electron chi connectivity index (χ1n) is 6.19. The van der Waals surface area contributed by atoms with Crippen molar-refractivity contribution in [3.63, 3.8) is 0 Å². The number of carbonyl (C=O) groups excluding carboxylic acids is 1. The van der Waals surface area contributed by atoms with Gasteiger partial charge >= 0.3 is 0 Å². The van der Waals surface area contributed by atoms with Gasteiger partial charge in [0.1, 0.15) is 5.75 Å². The quantitative estimate of drug-likeness (QED) is 0.819. The highest BCUT2D eigenvalue weighted by atomic mass is 79.9. The third-order valence-corrected chi connectivity index (χ3v) is 3.99. The van der Waals surface area contributed by atoms with Crippen LogP contribution >= 0.6 is 15.9 Å². The summed E-state index contributed by atoms with van der Waals surface area (Å²) in [6.45, 7) is 7.42. The minimum Gasteiger partial charge on any atom is -0.494 e. The number of halogens is 1. The van der Waals surface area contributed by atoms with Crippen LogP contribution in [0.2, 0.25) is 0 Å². The third kappa shape index (κ3) is 4.69. The van der Waals surface area contributed by atoms with E-state index in [1.54, 1.807) is 12.1 Å². The van der Waals surface area contributed by atoms with E-state index >= 15 is 0 Å². The summed E-state index contributed by atoms with van der Waals surface area (Å²) in [6.07, 6.45) is 0. The number of nitrogens with one attached hydrogen (secondary N) is 1. The second-order valence-electron chi connectivity index (χ2n) is 4.43. The molecule has 3 nitrogen and oxygen atoms in total. The van der Waals surface area contributed by atoms with E-state index in [1.165, 1.54) is 0 Å². The van der Waals surface area contributed by atoms with E-state index in [-0.39, 0.29) is 5.91 Å². The summed E-state index contributed by atoms with van der Waals surface area (Å²) in [6, 6.07) is 7.18. The molecule has 0 aliphatic rings. The monoisotopic (exact) mass is 313 g/mol. The van der Waals surface area contributed by atoms with Crippen LogP contribution in [0.4, 0.5) is 0 Å². The van der Waals surface area contributed by atoms with E-state index in [9.17, 15) is 4.79 Å². The van der Waals surface area contributed by atoms with Crippen molar-refractivity contribution in [3.05, 3.63) is 29.8 Å². The molecule has 1 aromatic carbocycles. The summed E-state index contributed by atoms with van der Waals surface area (Å²) in [5.74, 6) is 1.23. The molecule has 0 aliphatic carbocycles. The fourth-order valence-electron chi connectivity index (χ4n) is 1.40. The molecule has 100 valence electrons. The molecule has 1 rings (SSSR count). The van der Waals surface area contributed by atoms with Crippen LogP contribution in [-0.4, -0.2) is 23.9 Å². The first-order chi connectivity index (χ1) is 8.54. The van der Waals surface area contributed by atoms with Crippen molar-refractivity contribution in [1.82, 2.24) is 5.32 Å². The number of alkyl halides is 1. The van der Waals surface area contributed by atoms with Crippen LogP contribution in [0.3, 0.4) is 0 Å². The van der Waals surface area contributed by atoms with Crippen LogP contribution in [0.1, 0.15) is 31.1 Å². The molecular weight excluding hydrogens is 294 g/mol. The zero-order chi connectivity index (χ0) is 13.5. The molecule has 0 radical (unpaired) electrons. The van der Waals surface area contributed by atoms with Gasteiger partial charge in [-0.05, 0) is 37.1 Å². The van der Waals surface area contributed by atoms with Crippen molar-refractivity contribution in [2.45, 2.75) is 25.6 Å². The molecule has 1 aromatic rings. The van der Waals surface area contributed by atoms with E-state index in [2.05, 4.69) is 35.1 Å². The van der Waals surface area contributed by atoms with Crippen LogP contribution in [0.5, 0.6) is 5.75 Å². The predicted octanol–water partition coefficient (Wildman–Crippen LogP) is 3.23. The Morgan fingerprint density at radius 1 is 1.33 bits per heavy atom. The van der Waals surface area contributed by atoms with Gasteiger partial charge in [-0.25, -0.2) is 0 Å². The predicted molar refractivity (Wildman–Crippen MR) is 77.5 cm³/mol. The second kappa shape index (κ2) is 7.41. The third-order valence-electron chi connectivity index (χ3n) is 2.61. The van der Waals surface area contributed by atoms with E-state index in [0.717, 1.165) is 5.75 Å². The Hall–Kier alpha value is -1.03. The maximum Gasteiger partial charge on any atom is 0.251 e. The molecule has 0 spiro atoms. The Balaban J connectivity index is 2.51. The largest absolute Gasteiger partial charge is 0.494 e. The lowest BCUT2D eigenvalue weighted by atomic mass is 10.1. The average Bonchev–Trinajstić information content (AvgIpc) is 2.36. The lowest BCUT2D eigenvalue weighted by Crippen LogP contribution is -2.31. The van der Waals surface area contributed by atoms with Crippen LogP contribution < -0.4 is 10.1 Å². The van der Waals surface area contributed by atoms with Crippen LogP contribution in [0.15, 0.2) is 24.3 Å². The fraction of sp³-hybridized carbons (Fsp3) is 0.500. The number of carbonyl (C=O) groups is 1. The average molecular weight is 314 g/mol. The topological polar surface area (TPSA) is 38.3 Å². The molecule has 0 aromatic heterocycles. The van der Waals surface area contributed by atoms with E-state index in [0.29, 0.717) is 29.5 Å². The zero-order valence-electron chi connectivity index (χ0n) is 11.1. The lowest BCUT2D eigenvalue weighted by molar-refractivity contribution is 0.0953. The molecular formula is C14H20BrNO2. The van der Waals surface area contributed by atoms with Gasteiger partial charge in [-0.2, -0.15) is 0 Å². The molecule has 0 saturated carbocycles. The number of benzene rings is 1. The van der Waals surface area contributed by atoms with Gasteiger partial charge in [0.2, 0.25) is 0 Å². The highest BCUT2D eigenvalue weighted by Gasteiger charge is 2.11. The van der Waals surface area contributed by atoms with Gasteiger partial charge in [0.05, 0.1) is 6.61 Å². The van der Waals surface area contributed by atoms with Gasteiger partial charge in [-0.1, -0.05) is 29.8 Å². The molecule has 18 heavy (non-hydrogen) atoms. The molecule has 1 amide bonds. The Morgan fingerprint density at radius 3 is 2.44 bits per heavy atom. The molecule has 1 unspecified atom stereocenters. The summed E-state index contributed by atoms with van der Waals surface area (Å²) in [5.41, 5.74) is 0.655. The SMILES string of the molecule is CCOc1ccc(C(=O)NCC(Br)C(C)C)cc1. The Morgan fingerprint density at radius 2 is 1.94 bits per heavy atom. The molecule has 0 fully saturated rings. The van der Waals surface area contributed by atoms with Gasteiger partial charge in [0, 0.05) is 16.9 Å². The number of hydrogen-bond acceptors (Lipinski definition) is 2. The Kier molecular flexibility index (Phi) is 6.19. The standard InChI is InChI=1S/C14H20BrNO2/c1-4-18-12-7-5-11(6-8-12)14(17)16-9-13(15)10(2)3/h5-8,10,13H,4,9H2,1-3H3,(H,16,17). The first-order valence-corrected chi connectivity index (χ1v) is 7.11. The number of hydrogen-bond donors (Lipinski definition) is 1. The summed E-state index contributed by atoms with van der Waals surface area (Å²) in [4.78, 5) is 12.2. The highest BCUT2D eigenvalue weighted by Crippen LogP contribution is 2.13. The van der Waals surface area contributed by atoms with Crippen molar-refractivity contribution in [2.75, 3.05) is 13.2 Å². The molecule has 0 aliphatic heterocycles. The second-order valence-corrected chi connectivity index (χ2v) is 5.60. The summed E-state index contributed by atoms with van der Waals surface area (Å²) in [7, 11) is 0. The number of rotatable bonds is 6. The van der Waals surface area contributed by atoms with Gasteiger partial charge in [0.25, 0.3) is 5.91 Å². The minimum absolute atomic E-state index is 0.0526. The Labute approximate surface area is 117 Å². The van der Waals surface area contributed by atoms with Crippen LogP contribution in [0.25, 0.3) is 0 Å². The van der Waals surface area contributed by atoms with Crippen molar-refractivity contribution in [2.24, 2.45) is 5.92 Å². The van der Waals surface area contributed by atoms with Crippen molar-refractivity contribution in [3.8, 4) is 5.75 Å². The fourth-order valence-corrected chi connectivity index (χ4v) is 1.56. The summed E-state index contributed by atoms with van der Waals surface area (Å²) >= 11 is 3.54. The van der Waals surface area contributed by atoms with Crippen molar-refractivity contribution >= 4 is 21.8 Å². The molecule has 0 bridgehead atoms. The maximum atomic E-state index is 11.9. The molecule has 0 heterocycles. The molecule has 4 heteroatoms. The van der Waals surface area contributed by atoms with Gasteiger partial charge < -0.3 is 10.1 Å². The van der Waals surface area contributed by atoms with Gasteiger partial charge in [-0.3, -0.25) is 4.79 Å². The lowest BCUT2D eigenvalue weighted by Gasteiger charge is -2.14. The van der Waals surface area contributed by atoms with E-state index < -0.39 is 0 Å². The Bertz CT molecular complexity index is 376. The van der Waals surface area contributed by atoms with Crippen LogP contribution in [-0.2, 0) is 0 Å². The molecule has 1 atom stereocenters. The zero-order valence-corrected chi connectivity index (χ0v) is 12.7. The maximum absolute atomic E-state index is 11.9. The smallest absolute Gasteiger partial charge is 0.251 e. The molecule has 0 saturated heterocycles. The minimum atomic E-state index is -0.0526. The highest BCUT2D eigenvalue weighted by molar-refractivity contribution is 9.09. The number of amides is 1. The normalized spacial score (nSPS) is 12.3.